The predicted octanol–water partition coefficient (Wildman–Crippen LogP) is 1.42. The van der Waals surface area contributed by atoms with Crippen LogP contribution in [0.15, 0.2) is 0 Å². The van der Waals surface area contributed by atoms with Gasteiger partial charge in [0, 0.05) is 5.41 Å². The number of carbonyl (C=O) groups excluding carboxylic acids is 1. The van der Waals surface area contributed by atoms with Gasteiger partial charge in [0.2, 0.25) is 10.0 Å². The number of aliphatic hydroxyl groups excluding tert-OH is 2. The molecule has 2 N–H and O–H groups in total. The number of rotatable bonds is 4. The van der Waals surface area contributed by atoms with Crippen LogP contribution in [0.2, 0.25) is 0 Å². The monoisotopic (exact) mass is 415 g/mol. The van der Waals surface area contributed by atoms with Crippen molar-refractivity contribution in [1.82, 2.24) is 4.31 Å². The van der Waals surface area contributed by atoms with Crippen LogP contribution in [-0.4, -0.2) is 65.1 Å². The van der Waals surface area contributed by atoms with E-state index in [0.717, 1.165) is 23.6 Å². The van der Waals surface area contributed by atoms with Gasteiger partial charge in [0.1, 0.15) is 0 Å². The Labute approximate surface area is 167 Å². The molecule has 2 aliphatic carbocycles. The summed E-state index contributed by atoms with van der Waals surface area (Å²) in [6.45, 7) is 6.11. The topological polar surface area (TPSA) is 104 Å². The van der Waals surface area contributed by atoms with E-state index in [0.29, 0.717) is 31.6 Å². The van der Waals surface area contributed by atoms with Gasteiger partial charge in [0.05, 0.1) is 30.1 Å². The predicted molar refractivity (Wildman–Crippen MR) is 103 cm³/mol. The van der Waals surface area contributed by atoms with Crippen LogP contribution in [0.5, 0.6) is 0 Å². The van der Waals surface area contributed by atoms with Gasteiger partial charge >= 0.3 is 0 Å². The summed E-state index contributed by atoms with van der Waals surface area (Å²) in [5.74, 6) is -0.340. The molecule has 160 valence electrons. The zero-order valence-corrected chi connectivity index (χ0v) is 17.8. The van der Waals surface area contributed by atoms with Gasteiger partial charge in [0.15, 0.2) is 6.10 Å². The molecule has 4 aliphatic rings. The lowest BCUT2D eigenvalue weighted by atomic mass is 9.69. The molecule has 8 heteroatoms. The van der Waals surface area contributed by atoms with Gasteiger partial charge in [-0.25, -0.2) is 12.7 Å². The summed E-state index contributed by atoms with van der Waals surface area (Å²) in [4.78, 5) is 13.2. The van der Waals surface area contributed by atoms with Crippen LogP contribution in [0.25, 0.3) is 0 Å². The number of aliphatic hydroxyl groups is 2. The quantitative estimate of drug-likeness (QED) is 0.720. The lowest BCUT2D eigenvalue weighted by Crippen LogP contribution is -2.53. The maximum absolute atomic E-state index is 13.2. The third-order valence-corrected chi connectivity index (χ3v) is 10.3. The zero-order valence-electron chi connectivity index (χ0n) is 17.0. The summed E-state index contributed by atoms with van der Waals surface area (Å²) in [7, 11) is -3.76. The van der Waals surface area contributed by atoms with Crippen LogP contribution in [0, 0.1) is 16.7 Å². The number of fused-ring (bicyclic) bond motifs is 1. The number of nitrogens with zero attached hydrogens (tertiary/aromatic N) is 1. The Morgan fingerprint density at radius 1 is 1.21 bits per heavy atom. The Bertz CT molecular complexity index is 752. The second-order valence-corrected chi connectivity index (χ2v) is 11.7. The van der Waals surface area contributed by atoms with E-state index in [-0.39, 0.29) is 17.2 Å². The van der Waals surface area contributed by atoms with Crippen molar-refractivity contribution in [3.05, 3.63) is 0 Å². The SMILES string of the molecule is CC[C@H](O)[C@H]1CCC[C@@H]([C@@H](O)C(=O)N2[C@@H]3C[C@H]4CC[C@]3(CS2(=O)=O)C4(C)C)O1. The van der Waals surface area contributed by atoms with Crippen LogP contribution in [0.4, 0.5) is 0 Å². The van der Waals surface area contributed by atoms with Gasteiger partial charge < -0.3 is 14.9 Å². The smallest absolute Gasteiger partial charge is 0.267 e. The molecule has 0 aromatic carbocycles. The lowest BCUT2D eigenvalue weighted by molar-refractivity contribution is -0.165. The third kappa shape index (κ3) is 2.71. The molecule has 4 fully saturated rings. The summed E-state index contributed by atoms with van der Waals surface area (Å²) in [5, 5.41) is 20.8. The molecule has 2 saturated heterocycles. The Morgan fingerprint density at radius 3 is 2.54 bits per heavy atom. The first-order valence-electron chi connectivity index (χ1n) is 10.6. The van der Waals surface area contributed by atoms with Gasteiger partial charge in [0.25, 0.3) is 5.91 Å². The molecule has 7 nitrogen and oxygen atoms in total. The van der Waals surface area contributed by atoms with Crippen molar-refractivity contribution in [3.8, 4) is 0 Å². The number of sulfonamides is 1. The Kier molecular flexibility index (Phi) is 4.89. The van der Waals surface area contributed by atoms with E-state index in [9.17, 15) is 23.4 Å². The normalized spacial score (nSPS) is 43.0. The standard InChI is InChI=1S/C20H33NO6S/c1-4-13(22)14-6-5-7-15(27-14)17(23)18(24)21-16-10-12-8-9-20(16,19(12,2)3)11-28(21,25)26/h12-17,22-23H,4-11H2,1-3H3/t12-,13+,14-,15+,16-,17-,20-/m1/s1. The molecule has 1 amide bonds. The van der Waals surface area contributed by atoms with E-state index in [4.69, 9.17) is 4.74 Å². The van der Waals surface area contributed by atoms with E-state index < -0.39 is 45.8 Å². The van der Waals surface area contributed by atoms with Crippen molar-refractivity contribution >= 4 is 15.9 Å². The lowest BCUT2D eigenvalue weighted by Gasteiger charge is -2.38. The maximum atomic E-state index is 13.2. The molecule has 0 aromatic heterocycles. The van der Waals surface area contributed by atoms with Crippen molar-refractivity contribution in [2.24, 2.45) is 16.7 Å². The van der Waals surface area contributed by atoms with Gasteiger partial charge in [-0.2, -0.15) is 0 Å². The van der Waals surface area contributed by atoms with E-state index >= 15 is 0 Å². The second-order valence-electron chi connectivity index (χ2n) is 9.82. The van der Waals surface area contributed by atoms with Crippen molar-refractivity contribution in [3.63, 3.8) is 0 Å². The fraction of sp³-hybridized carbons (Fsp3) is 0.950. The Morgan fingerprint density at radius 2 is 1.89 bits per heavy atom. The number of hydrogen-bond acceptors (Lipinski definition) is 6. The minimum absolute atomic E-state index is 0.00464. The van der Waals surface area contributed by atoms with Crippen LogP contribution >= 0.6 is 0 Å². The van der Waals surface area contributed by atoms with Crippen molar-refractivity contribution < 1.29 is 28.2 Å². The number of amides is 1. The van der Waals surface area contributed by atoms with E-state index in [2.05, 4.69) is 13.8 Å². The van der Waals surface area contributed by atoms with Gasteiger partial charge in [-0.1, -0.05) is 20.8 Å². The third-order valence-electron chi connectivity index (χ3n) is 8.41. The minimum Gasteiger partial charge on any atom is -0.390 e. The highest BCUT2D eigenvalue weighted by atomic mass is 32.2. The zero-order chi connectivity index (χ0) is 20.5. The molecule has 2 saturated carbocycles. The summed E-state index contributed by atoms with van der Waals surface area (Å²) in [6.07, 6.45) is 1.58. The van der Waals surface area contributed by atoms with Crippen LogP contribution in [-0.2, 0) is 19.6 Å². The fourth-order valence-corrected chi connectivity index (χ4v) is 9.08. The van der Waals surface area contributed by atoms with Crippen LogP contribution in [0.1, 0.15) is 65.7 Å². The largest absolute Gasteiger partial charge is 0.390 e. The van der Waals surface area contributed by atoms with Gasteiger partial charge in [-0.15, -0.1) is 0 Å². The summed E-state index contributed by atoms with van der Waals surface area (Å²) >= 11 is 0. The minimum atomic E-state index is -3.76. The molecule has 1 spiro atoms. The first-order valence-corrected chi connectivity index (χ1v) is 12.2. The van der Waals surface area contributed by atoms with Crippen LogP contribution in [0.3, 0.4) is 0 Å². The highest BCUT2D eigenvalue weighted by Gasteiger charge is 2.72. The molecular weight excluding hydrogens is 382 g/mol. The fourth-order valence-electron chi connectivity index (χ4n) is 6.53. The first kappa shape index (κ1) is 20.6. The summed E-state index contributed by atoms with van der Waals surface area (Å²) < 4.78 is 32.8. The van der Waals surface area contributed by atoms with Crippen molar-refractivity contribution in [2.75, 3.05) is 5.75 Å². The molecule has 28 heavy (non-hydrogen) atoms. The number of carbonyl (C=O) groups is 1. The highest BCUT2D eigenvalue weighted by Crippen LogP contribution is 2.70. The van der Waals surface area contributed by atoms with Gasteiger partial charge in [-0.3, -0.25) is 4.79 Å². The first-order chi connectivity index (χ1) is 13.0. The molecule has 0 radical (unpaired) electrons. The molecule has 0 unspecified atom stereocenters. The van der Waals surface area contributed by atoms with Gasteiger partial charge in [-0.05, 0) is 56.3 Å². The van der Waals surface area contributed by atoms with E-state index in [1.54, 1.807) is 0 Å². The Balaban J connectivity index is 1.56. The molecule has 7 atom stereocenters. The molecule has 0 aromatic rings. The Hall–Kier alpha value is -0.700. The molecular formula is C20H33NO6S. The summed E-state index contributed by atoms with van der Waals surface area (Å²) in [5.41, 5.74) is -0.525. The summed E-state index contributed by atoms with van der Waals surface area (Å²) in [6, 6.07) is -0.353. The van der Waals surface area contributed by atoms with Crippen LogP contribution < -0.4 is 0 Å². The molecule has 4 rings (SSSR count). The average molecular weight is 416 g/mol. The van der Waals surface area contributed by atoms with Crippen molar-refractivity contribution in [2.45, 2.75) is 96.2 Å². The second kappa shape index (κ2) is 6.65. The average Bonchev–Trinajstić information content (AvgIpc) is 3.14. The molecule has 2 bridgehead atoms. The van der Waals surface area contributed by atoms with Crippen molar-refractivity contribution in [1.29, 1.82) is 0 Å². The van der Waals surface area contributed by atoms with E-state index in [1.165, 1.54) is 0 Å². The number of ether oxygens (including phenoxy) is 1. The number of hydrogen-bond donors (Lipinski definition) is 2. The highest BCUT2D eigenvalue weighted by molar-refractivity contribution is 7.90. The maximum Gasteiger partial charge on any atom is 0.267 e. The molecule has 2 heterocycles. The van der Waals surface area contributed by atoms with E-state index in [1.807, 2.05) is 6.92 Å². The molecule has 2 aliphatic heterocycles.